The van der Waals surface area contributed by atoms with E-state index in [4.69, 9.17) is 4.74 Å². The van der Waals surface area contributed by atoms with Crippen LogP contribution >= 0.6 is 22.6 Å². The molecule has 0 aromatic carbocycles. The summed E-state index contributed by atoms with van der Waals surface area (Å²) in [4.78, 5) is 22.2. The molecule has 5 heteroatoms. The summed E-state index contributed by atoms with van der Waals surface area (Å²) in [6.45, 7) is 7.45. The first-order chi connectivity index (χ1) is 6.97. The van der Waals surface area contributed by atoms with Gasteiger partial charge in [0.1, 0.15) is 6.04 Å². The Hall–Kier alpha value is -0.460. The fourth-order valence-corrected chi connectivity index (χ4v) is 2.11. The van der Waals surface area contributed by atoms with E-state index >= 15 is 0 Å². The molecule has 4 nitrogen and oxygen atoms in total. The average molecular weight is 323 g/mol. The molecule has 0 amide bonds. The Morgan fingerprint density at radius 1 is 1.53 bits per heavy atom. The Kier molecular flexibility index (Phi) is 4.24. The zero-order valence-corrected chi connectivity index (χ0v) is 10.9. The summed E-state index contributed by atoms with van der Waals surface area (Å²) in [5.74, 6) is -0.731. The maximum Gasteiger partial charge on any atom is 0.312 e. The van der Waals surface area contributed by atoms with Gasteiger partial charge in [-0.2, -0.15) is 4.91 Å². The van der Waals surface area contributed by atoms with Crippen molar-refractivity contribution in [2.24, 2.45) is 17.0 Å². The number of carbonyl (C=O) groups excluding carboxylic acids is 1. The Bertz CT molecular complexity index is 292. The first kappa shape index (κ1) is 12.6. The van der Waals surface area contributed by atoms with E-state index in [0.717, 1.165) is 5.57 Å². The van der Waals surface area contributed by atoms with E-state index in [1.165, 1.54) is 0 Å². The molecule has 0 aromatic heterocycles. The highest BCUT2D eigenvalue weighted by Gasteiger charge is 2.34. The SMILES string of the molecule is C=C1C[C@@H](C)[C@@H](I)OC(=O)[C@@H](C)[C@H]1N=O. The zero-order valence-electron chi connectivity index (χ0n) is 8.77. The minimum Gasteiger partial charge on any atom is -0.451 e. The predicted molar refractivity (Wildman–Crippen MR) is 65.6 cm³/mol. The molecule has 1 aliphatic heterocycles. The van der Waals surface area contributed by atoms with Crippen LogP contribution in [-0.2, 0) is 9.53 Å². The Balaban J connectivity index is 2.91. The number of halogens is 1. The van der Waals surface area contributed by atoms with Gasteiger partial charge in [-0.15, -0.1) is 0 Å². The number of ether oxygens (including phenoxy) is 1. The number of carbonyl (C=O) groups is 1. The van der Waals surface area contributed by atoms with Crippen LogP contribution in [0.1, 0.15) is 20.3 Å². The third-order valence-electron chi connectivity index (χ3n) is 2.64. The van der Waals surface area contributed by atoms with Gasteiger partial charge in [-0.05, 0) is 41.5 Å². The van der Waals surface area contributed by atoms with Crippen LogP contribution in [0.5, 0.6) is 0 Å². The van der Waals surface area contributed by atoms with Gasteiger partial charge in [0.2, 0.25) is 0 Å². The topological polar surface area (TPSA) is 55.7 Å². The first-order valence-corrected chi connectivity index (χ1v) is 6.06. The lowest BCUT2D eigenvalue weighted by Crippen LogP contribution is -2.34. The van der Waals surface area contributed by atoms with Gasteiger partial charge in [-0.1, -0.05) is 18.7 Å². The number of nitroso groups, excluding NO2 is 1. The quantitative estimate of drug-likeness (QED) is 0.245. The second kappa shape index (κ2) is 5.05. The number of rotatable bonds is 1. The summed E-state index contributed by atoms with van der Waals surface area (Å²) >= 11 is 2.09. The molecule has 15 heavy (non-hydrogen) atoms. The third kappa shape index (κ3) is 2.76. The fourth-order valence-electron chi connectivity index (χ4n) is 1.61. The Morgan fingerprint density at radius 3 is 2.67 bits per heavy atom. The van der Waals surface area contributed by atoms with Crippen molar-refractivity contribution in [2.75, 3.05) is 0 Å². The highest BCUT2D eigenvalue weighted by Crippen LogP contribution is 2.31. The maximum atomic E-state index is 11.6. The zero-order chi connectivity index (χ0) is 11.6. The second-order valence-corrected chi connectivity index (χ2v) is 5.19. The third-order valence-corrected chi connectivity index (χ3v) is 4.12. The molecule has 0 bridgehead atoms. The minimum atomic E-state index is -0.649. The monoisotopic (exact) mass is 323 g/mol. The van der Waals surface area contributed by atoms with Crippen LogP contribution in [0.25, 0.3) is 0 Å². The largest absolute Gasteiger partial charge is 0.451 e. The lowest BCUT2D eigenvalue weighted by molar-refractivity contribution is -0.151. The fraction of sp³-hybridized carbons (Fsp3) is 0.700. The Labute approximate surface area is 103 Å². The van der Waals surface area contributed by atoms with Crippen LogP contribution in [0.3, 0.4) is 0 Å². The molecule has 1 fully saturated rings. The van der Waals surface area contributed by atoms with Gasteiger partial charge in [-0.25, -0.2) is 0 Å². The van der Waals surface area contributed by atoms with Crippen LogP contribution in [0, 0.1) is 16.7 Å². The standard InChI is InChI=1S/C10H14INO3/c1-5-4-6(2)9(11)15-10(13)7(3)8(5)12-14/h6-9H,1,4H2,2-3H3/t6-,7+,8+,9+/m1/s1. The van der Waals surface area contributed by atoms with E-state index in [0.29, 0.717) is 6.42 Å². The van der Waals surface area contributed by atoms with Gasteiger partial charge in [-0.3, -0.25) is 4.79 Å². The summed E-state index contributed by atoms with van der Waals surface area (Å²) in [6, 6.07) is -0.649. The lowest BCUT2D eigenvalue weighted by Gasteiger charge is -2.28. The number of hydrogen-bond acceptors (Lipinski definition) is 4. The summed E-state index contributed by atoms with van der Waals surface area (Å²) < 4.78 is 5.04. The Morgan fingerprint density at radius 2 is 2.13 bits per heavy atom. The number of esters is 1. The van der Waals surface area contributed by atoms with Crippen molar-refractivity contribution in [3.05, 3.63) is 17.1 Å². The van der Waals surface area contributed by atoms with Crippen LogP contribution in [0.2, 0.25) is 0 Å². The van der Waals surface area contributed by atoms with E-state index < -0.39 is 12.0 Å². The number of cyclic esters (lactones) is 1. The molecular formula is C10H14INO3. The number of hydrogen-bond donors (Lipinski definition) is 0. The molecule has 0 N–H and O–H groups in total. The van der Waals surface area contributed by atoms with Crippen LogP contribution in [0.15, 0.2) is 17.3 Å². The van der Waals surface area contributed by atoms with E-state index in [9.17, 15) is 9.70 Å². The molecule has 0 spiro atoms. The van der Waals surface area contributed by atoms with Crippen molar-refractivity contribution < 1.29 is 9.53 Å². The van der Waals surface area contributed by atoms with Crippen molar-refractivity contribution in [1.29, 1.82) is 0 Å². The number of alkyl halides is 1. The van der Waals surface area contributed by atoms with Crippen LogP contribution < -0.4 is 0 Å². The van der Waals surface area contributed by atoms with Gasteiger partial charge in [0.05, 0.1) is 5.92 Å². The molecule has 0 aromatic rings. The van der Waals surface area contributed by atoms with Crippen molar-refractivity contribution in [2.45, 2.75) is 30.4 Å². The molecule has 1 saturated heterocycles. The summed E-state index contributed by atoms with van der Waals surface area (Å²) in [5, 5.41) is 2.97. The van der Waals surface area contributed by atoms with Crippen molar-refractivity contribution in [1.82, 2.24) is 0 Å². The minimum absolute atomic E-state index is 0.165. The lowest BCUT2D eigenvalue weighted by atomic mass is 9.89. The average Bonchev–Trinajstić information content (AvgIpc) is 2.17. The normalized spacial score (nSPS) is 37.8. The molecule has 0 saturated carbocycles. The van der Waals surface area contributed by atoms with Gasteiger partial charge in [0.15, 0.2) is 4.11 Å². The van der Waals surface area contributed by atoms with E-state index in [-0.39, 0.29) is 16.0 Å². The number of nitrogens with zero attached hydrogens (tertiary/aromatic N) is 1. The maximum absolute atomic E-state index is 11.6. The van der Waals surface area contributed by atoms with Crippen LogP contribution in [0.4, 0.5) is 0 Å². The molecular weight excluding hydrogens is 309 g/mol. The van der Waals surface area contributed by atoms with Crippen LogP contribution in [-0.4, -0.2) is 16.1 Å². The molecule has 1 rings (SSSR count). The van der Waals surface area contributed by atoms with Gasteiger partial charge in [0, 0.05) is 5.92 Å². The van der Waals surface area contributed by atoms with E-state index in [1.54, 1.807) is 6.92 Å². The van der Waals surface area contributed by atoms with E-state index in [1.807, 2.05) is 6.92 Å². The molecule has 0 aliphatic carbocycles. The highest BCUT2D eigenvalue weighted by molar-refractivity contribution is 14.1. The van der Waals surface area contributed by atoms with Gasteiger partial charge >= 0.3 is 5.97 Å². The molecule has 1 aliphatic rings. The van der Waals surface area contributed by atoms with Crippen molar-refractivity contribution >= 4 is 28.6 Å². The second-order valence-electron chi connectivity index (χ2n) is 3.97. The molecule has 84 valence electrons. The molecule has 1 heterocycles. The molecule has 0 radical (unpaired) electrons. The van der Waals surface area contributed by atoms with Gasteiger partial charge < -0.3 is 4.74 Å². The summed E-state index contributed by atoms with van der Waals surface area (Å²) in [7, 11) is 0. The first-order valence-electron chi connectivity index (χ1n) is 4.82. The van der Waals surface area contributed by atoms with Gasteiger partial charge in [0.25, 0.3) is 0 Å². The predicted octanol–water partition coefficient (Wildman–Crippen LogP) is 2.66. The van der Waals surface area contributed by atoms with Crippen molar-refractivity contribution in [3.8, 4) is 0 Å². The highest BCUT2D eigenvalue weighted by atomic mass is 127. The van der Waals surface area contributed by atoms with E-state index in [2.05, 4.69) is 34.3 Å². The molecule has 0 unspecified atom stereocenters. The summed E-state index contributed by atoms with van der Waals surface area (Å²) in [5.41, 5.74) is 0.725. The smallest absolute Gasteiger partial charge is 0.312 e. The summed E-state index contributed by atoms with van der Waals surface area (Å²) in [6.07, 6.45) is 0.668. The van der Waals surface area contributed by atoms with Crippen molar-refractivity contribution in [3.63, 3.8) is 0 Å². The molecule has 4 atom stereocenters.